The maximum Gasteiger partial charge on any atom is 0.0302 e. The number of hydrogen-bond acceptors (Lipinski definition) is 1. The van der Waals surface area contributed by atoms with Crippen LogP contribution >= 0.6 is 13.5 Å². The molecule has 0 aliphatic rings. The summed E-state index contributed by atoms with van der Waals surface area (Å²) in [6, 6.07) is 4.06. The van der Waals surface area contributed by atoms with Crippen molar-refractivity contribution in [3.63, 3.8) is 0 Å². The van der Waals surface area contributed by atoms with Gasteiger partial charge in [-0.3, -0.25) is 4.98 Å². The molecule has 0 amide bonds. The van der Waals surface area contributed by atoms with E-state index < -0.39 is 0 Å². The minimum atomic E-state index is 0. The summed E-state index contributed by atoms with van der Waals surface area (Å²) in [6.07, 6.45) is 3.70. The molecule has 0 N–H and O–H groups in total. The lowest BCUT2D eigenvalue weighted by Crippen LogP contribution is -1.85. The van der Waals surface area contributed by atoms with Crippen molar-refractivity contribution >= 4 is 13.5 Å². The summed E-state index contributed by atoms with van der Waals surface area (Å²) in [6.45, 7) is 8.33. The Labute approximate surface area is 82.7 Å². The Morgan fingerprint density at radius 2 is 1.83 bits per heavy atom. The van der Waals surface area contributed by atoms with Crippen molar-refractivity contribution in [1.82, 2.24) is 4.98 Å². The van der Waals surface area contributed by atoms with Crippen LogP contribution in [0.5, 0.6) is 0 Å². The van der Waals surface area contributed by atoms with Crippen molar-refractivity contribution in [2.45, 2.75) is 33.6 Å². The predicted octanol–water partition coefficient (Wildman–Crippen LogP) is 3.34. The molecule has 1 aromatic heterocycles. The second kappa shape index (κ2) is 8.60. The Morgan fingerprint density at radius 3 is 2.08 bits per heavy atom. The van der Waals surface area contributed by atoms with Gasteiger partial charge in [0.2, 0.25) is 0 Å². The predicted molar refractivity (Wildman–Crippen MR) is 60.1 cm³/mol. The number of pyridine rings is 1. The van der Waals surface area contributed by atoms with E-state index in [4.69, 9.17) is 0 Å². The molecule has 12 heavy (non-hydrogen) atoms. The average Bonchev–Trinajstić information content (AvgIpc) is 2.10. The third-order valence-electron chi connectivity index (χ3n) is 1.35. The summed E-state index contributed by atoms with van der Waals surface area (Å²) in [5.41, 5.74) is 1.30. The Kier molecular flexibility index (Phi) is 10.1. The van der Waals surface area contributed by atoms with Crippen molar-refractivity contribution in [2.75, 3.05) is 0 Å². The lowest BCUT2D eigenvalue weighted by molar-refractivity contribution is 0.858. The molecule has 2 heteroatoms. The molecule has 0 radical (unpaired) electrons. The molecule has 1 aromatic rings. The molecule has 0 saturated heterocycles. The van der Waals surface area contributed by atoms with Crippen LogP contribution in [0.1, 0.15) is 39.2 Å². The van der Waals surface area contributed by atoms with Crippen LogP contribution in [-0.4, -0.2) is 4.98 Å². The topological polar surface area (TPSA) is 12.9 Å². The number of rotatable bonds is 1. The zero-order valence-corrected chi connectivity index (χ0v) is 9.33. The molecule has 0 fully saturated rings. The minimum Gasteiger partial charge on any atom is -0.264 e. The van der Waals surface area contributed by atoms with E-state index >= 15 is 0 Å². The molecule has 0 aliphatic heterocycles. The first-order valence-corrected chi connectivity index (χ1v) is 4.20. The maximum atomic E-state index is 4.01. The number of nitrogens with zero attached hydrogens (tertiary/aromatic N) is 1. The normalized spacial score (nSPS) is 8.08. The molecule has 0 unspecified atom stereocenters. The molecule has 0 aromatic carbocycles. The van der Waals surface area contributed by atoms with E-state index in [9.17, 15) is 0 Å². The van der Waals surface area contributed by atoms with Gasteiger partial charge in [0.05, 0.1) is 0 Å². The molecule has 70 valence electrons. The fourth-order valence-corrected chi connectivity index (χ4v) is 0.717. The Hall–Kier alpha value is -0.500. The van der Waals surface area contributed by atoms with E-state index in [2.05, 4.69) is 24.9 Å². The van der Waals surface area contributed by atoms with E-state index in [1.54, 1.807) is 6.20 Å². The van der Waals surface area contributed by atoms with Crippen LogP contribution in [-0.2, 0) is 0 Å². The minimum absolute atomic E-state index is 0. The Morgan fingerprint density at radius 1 is 1.25 bits per heavy atom. The molecule has 0 atom stereocenters. The van der Waals surface area contributed by atoms with Gasteiger partial charge in [-0.2, -0.15) is 13.5 Å². The Balaban J connectivity index is 0. The monoisotopic (exact) mass is 185 g/mol. The van der Waals surface area contributed by atoms with E-state index in [0.29, 0.717) is 5.92 Å². The van der Waals surface area contributed by atoms with Crippen LogP contribution in [0.3, 0.4) is 0 Å². The number of aromatic nitrogens is 1. The second-order valence-corrected chi connectivity index (χ2v) is 2.44. The van der Waals surface area contributed by atoms with Gasteiger partial charge in [0, 0.05) is 12.4 Å². The quantitative estimate of drug-likeness (QED) is 0.654. The van der Waals surface area contributed by atoms with Gasteiger partial charge < -0.3 is 0 Å². The first-order valence-electron chi connectivity index (χ1n) is 4.20. The van der Waals surface area contributed by atoms with Gasteiger partial charge in [-0.05, 0) is 17.5 Å². The second-order valence-electron chi connectivity index (χ2n) is 2.44. The smallest absolute Gasteiger partial charge is 0.0302 e. The SMILES string of the molecule is CC.CC(C)c1cccnc1.S. The van der Waals surface area contributed by atoms with Crippen LogP contribution < -0.4 is 0 Å². The average molecular weight is 185 g/mol. The summed E-state index contributed by atoms with van der Waals surface area (Å²) in [7, 11) is 0. The summed E-state index contributed by atoms with van der Waals surface area (Å²) in [5.74, 6) is 0.596. The van der Waals surface area contributed by atoms with E-state index in [1.807, 2.05) is 26.1 Å². The van der Waals surface area contributed by atoms with E-state index in [1.165, 1.54) is 5.56 Å². The van der Waals surface area contributed by atoms with Crippen molar-refractivity contribution in [3.8, 4) is 0 Å². The molecule has 0 bridgehead atoms. The van der Waals surface area contributed by atoms with Crippen molar-refractivity contribution in [1.29, 1.82) is 0 Å². The van der Waals surface area contributed by atoms with Gasteiger partial charge in [0.1, 0.15) is 0 Å². The fraction of sp³-hybridized carbons (Fsp3) is 0.500. The zero-order chi connectivity index (χ0) is 8.69. The molecular weight excluding hydrogens is 166 g/mol. The standard InChI is InChI=1S/C8H11N.C2H6.H2S/c1-7(2)8-4-3-5-9-6-8;1-2;/h3-7H,1-2H3;1-2H3;1H2. The first kappa shape index (κ1) is 14.0. The highest BCUT2D eigenvalue weighted by atomic mass is 32.1. The Bertz CT molecular complexity index is 172. The third-order valence-corrected chi connectivity index (χ3v) is 1.35. The molecule has 1 rings (SSSR count). The molecule has 0 saturated carbocycles. The lowest BCUT2D eigenvalue weighted by atomic mass is 10.1. The highest BCUT2D eigenvalue weighted by Gasteiger charge is 1.94. The fourth-order valence-electron chi connectivity index (χ4n) is 0.717. The van der Waals surface area contributed by atoms with Gasteiger partial charge in [-0.15, -0.1) is 0 Å². The summed E-state index contributed by atoms with van der Waals surface area (Å²) in [4.78, 5) is 4.01. The molecule has 0 aliphatic carbocycles. The van der Waals surface area contributed by atoms with Crippen LogP contribution in [0, 0.1) is 0 Å². The summed E-state index contributed by atoms with van der Waals surface area (Å²) in [5, 5.41) is 0. The van der Waals surface area contributed by atoms with Gasteiger partial charge in [0.15, 0.2) is 0 Å². The third kappa shape index (κ3) is 5.19. The molecular formula is C10H19NS. The molecule has 1 nitrogen and oxygen atoms in total. The lowest BCUT2D eigenvalue weighted by Gasteiger charge is -2.00. The van der Waals surface area contributed by atoms with Crippen molar-refractivity contribution in [3.05, 3.63) is 30.1 Å². The van der Waals surface area contributed by atoms with Gasteiger partial charge >= 0.3 is 0 Å². The summed E-state index contributed by atoms with van der Waals surface area (Å²) >= 11 is 0. The number of hydrogen-bond donors (Lipinski definition) is 0. The van der Waals surface area contributed by atoms with Crippen LogP contribution in [0.25, 0.3) is 0 Å². The van der Waals surface area contributed by atoms with E-state index in [0.717, 1.165) is 0 Å². The highest BCUT2D eigenvalue weighted by Crippen LogP contribution is 2.10. The van der Waals surface area contributed by atoms with Gasteiger partial charge in [-0.25, -0.2) is 0 Å². The van der Waals surface area contributed by atoms with Crippen LogP contribution in [0.15, 0.2) is 24.5 Å². The van der Waals surface area contributed by atoms with Crippen molar-refractivity contribution < 1.29 is 0 Å². The van der Waals surface area contributed by atoms with Crippen molar-refractivity contribution in [2.24, 2.45) is 0 Å². The van der Waals surface area contributed by atoms with Gasteiger partial charge in [-0.1, -0.05) is 33.8 Å². The molecule has 1 heterocycles. The first-order chi connectivity index (χ1) is 5.30. The van der Waals surface area contributed by atoms with Crippen LogP contribution in [0.2, 0.25) is 0 Å². The molecule has 0 spiro atoms. The van der Waals surface area contributed by atoms with Gasteiger partial charge in [0.25, 0.3) is 0 Å². The highest BCUT2D eigenvalue weighted by molar-refractivity contribution is 7.59. The largest absolute Gasteiger partial charge is 0.264 e. The zero-order valence-electron chi connectivity index (χ0n) is 8.33. The van der Waals surface area contributed by atoms with E-state index in [-0.39, 0.29) is 13.5 Å². The van der Waals surface area contributed by atoms with Crippen LogP contribution in [0.4, 0.5) is 0 Å². The summed E-state index contributed by atoms with van der Waals surface area (Å²) < 4.78 is 0. The maximum absolute atomic E-state index is 4.01.